The molecule has 3 rings (SSSR count). The first-order valence-electron chi connectivity index (χ1n) is 10.2. The van der Waals surface area contributed by atoms with Crippen LogP contribution in [0.4, 0.5) is 11.4 Å². The number of carbonyl (C=O) groups excluding carboxylic acids is 2. The standard InChI is InChI=1S/C23H30N4O3.Li.H2O/c1-23(2)21(28)26(3)19-9-8-18(15-20(19)27(4)22(23)29)30-14-6-12-24-13-10-17-7-5-11-25-16-17;;/h5,7-9,11,15-16,24H,6,10,12-14H2,1-4H3;;1H2/q;+1;/p-1. The Morgan fingerprint density at radius 1 is 1.03 bits per heavy atom. The largest absolute Gasteiger partial charge is 1.00 e. The molecular weight excluding hydrogens is 403 g/mol. The Balaban J connectivity index is 0.00000256. The van der Waals surface area contributed by atoms with Gasteiger partial charge in [0, 0.05) is 32.6 Å². The zero-order chi connectivity index (χ0) is 21.7. The molecule has 1 aliphatic heterocycles. The summed E-state index contributed by atoms with van der Waals surface area (Å²) in [6.45, 7) is 5.64. The Morgan fingerprint density at radius 3 is 2.38 bits per heavy atom. The minimum Gasteiger partial charge on any atom is -0.870 e. The summed E-state index contributed by atoms with van der Waals surface area (Å²) in [4.78, 5) is 32.7. The molecular formula is C23H31LiN4O4. The smallest absolute Gasteiger partial charge is 0.870 e. The molecule has 0 atom stereocenters. The summed E-state index contributed by atoms with van der Waals surface area (Å²) in [6, 6.07) is 9.52. The van der Waals surface area contributed by atoms with E-state index in [0.29, 0.717) is 23.7 Å². The summed E-state index contributed by atoms with van der Waals surface area (Å²) in [5.74, 6) is 0.238. The number of hydrogen-bond donors (Lipinski definition) is 1. The van der Waals surface area contributed by atoms with E-state index in [2.05, 4.69) is 16.4 Å². The maximum atomic E-state index is 12.8. The number of hydrogen-bond acceptors (Lipinski definition) is 6. The van der Waals surface area contributed by atoms with Gasteiger partial charge in [-0.3, -0.25) is 14.6 Å². The Kier molecular flexibility index (Phi) is 10.4. The van der Waals surface area contributed by atoms with Crippen molar-refractivity contribution in [1.82, 2.24) is 10.3 Å². The van der Waals surface area contributed by atoms with Gasteiger partial charge in [0.25, 0.3) is 0 Å². The van der Waals surface area contributed by atoms with Crippen LogP contribution in [0, 0.1) is 5.41 Å². The molecule has 8 nitrogen and oxygen atoms in total. The summed E-state index contributed by atoms with van der Waals surface area (Å²) in [6.07, 6.45) is 5.48. The van der Waals surface area contributed by atoms with Gasteiger partial charge in [-0.1, -0.05) is 6.07 Å². The van der Waals surface area contributed by atoms with Crippen molar-refractivity contribution in [3.8, 4) is 5.75 Å². The minimum absolute atomic E-state index is 0. The van der Waals surface area contributed by atoms with Gasteiger partial charge in [0.1, 0.15) is 11.2 Å². The number of aromatic nitrogens is 1. The van der Waals surface area contributed by atoms with E-state index in [0.717, 1.165) is 25.9 Å². The van der Waals surface area contributed by atoms with E-state index in [1.54, 1.807) is 43.9 Å². The maximum Gasteiger partial charge on any atom is 1.00 e. The van der Waals surface area contributed by atoms with Crippen LogP contribution in [0.25, 0.3) is 0 Å². The Labute approximate surface area is 201 Å². The fraction of sp³-hybridized carbons (Fsp3) is 0.435. The normalized spacial score (nSPS) is 14.8. The molecule has 0 aliphatic carbocycles. The van der Waals surface area contributed by atoms with Gasteiger partial charge in [-0.25, -0.2) is 0 Å². The molecule has 0 saturated heterocycles. The van der Waals surface area contributed by atoms with E-state index >= 15 is 0 Å². The molecule has 2 heterocycles. The van der Waals surface area contributed by atoms with Gasteiger partial charge in [-0.2, -0.15) is 0 Å². The molecule has 168 valence electrons. The van der Waals surface area contributed by atoms with Crippen molar-refractivity contribution >= 4 is 23.2 Å². The van der Waals surface area contributed by atoms with Gasteiger partial charge < -0.3 is 25.3 Å². The fourth-order valence-corrected chi connectivity index (χ4v) is 3.59. The number of rotatable bonds is 8. The number of nitrogens with zero attached hydrogens (tertiary/aromatic N) is 3. The second-order valence-corrected chi connectivity index (χ2v) is 8.07. The molecule has 0 unspecified atom stereocenters. The summed E-state index contributed by atoms with van der Waals surface area (Å²) in [7, 11) is 3.40. The zero-order valence-electron chi connectivity index (χ0n) is 19.6. The number of benzene rings is 1. The predicted octanol–water partition coefficient (Wildman–Crippen LogP) is -0.525. The Bertz CT molecular complexity index is 908. The van der Waals surface area contributed by atoms with Gasteiger partial charge in [0.05, 0.1) is 18.0 Å². The van der Waals surface area contributed by atoms with E-state index in [-0.39, 0.29) is 36.2 Å². The SMILES string of the molecule is CN1C(=O)C(C)(C)C(=O)N(C)c2cc(OCCCNCCc3cccnc3)ccc21.[Li+].[OH-]. The van der Waals surface area contributed by atoms with Crippen LogP contribution in [-0.2, 0) is 16.0 Å². The molecule has 9 heteroatoms. The van der Waals surface area contributed by atoms with E-state index in [1.807, 2.05) is 30.5 Å². The number of nitrogens with one attached hydrogen (secondary N) is 1. The summed E-state index contributed by atoms with van der Waals surface area (Å²) >= 11 is 0. The van der Waals surface area contributed by atoms with Gasteiger partial charge >= 0.3 is 18.9 Å². The van der Waals surface area contributed by atoms with Gasteiger partial charge in [0.15, 0.2) is 0 Å². The molecule has 32 heavy (non-hydrogen) atoms. The maximum absolute atomic E-state index is 12.8. The third kappa shape index (κ3) is 6.11. The number of amides is 2. The van der Waals surface area contributed by atoms with E-state index in [9.17, 15) is 9.59 Å². The number of pyridine rings is 1. The van der Waals surface area contributed by atoms with Crippen molar-refractivity contribution in [2.24, 2.45) is 5.41 Å². The van der Waals surface area contributed by atoms with Crippen LogP contribution < -0.4 is 38.7 Å². The number of fused-ring (bicyclic) bond motifs is 1. The second kappa shape index (κ2) is 12.0. The van der Waals surface area contributed by atoms with Crippen molar-refractivity contribution in [2.45, 2.75) is 26.7 Å². The Hall–Kier alpha value is -2.37. The molecule has 0 radical (unpaired) electrons. The molecule has 1 aliphatic rings. The van der Waals surface area contributed by atoms with Gasteiger partial charge in [-0.15, -0.1) is 0 Å². The minimum atomic E-state index is -1.11. The van der Waals surface area contributed by atoms with E-state index in [1.165, 1.54) is 5.56 Å². The molecule has 0 saturated carbocycles. The van der Waals surface area contributed by atoms with Crippen LogP contribution in [-0.4, -0.2) is 56.1 Å². The van der Waals surface area contributed by atoms with Crippen LogP contribution >= 0.6 is 0 Å². The summed E-state index contributed by atoms with van der Waals surface area (Å²) in [5, 5.41) is 3.41. The average Bonchev–Trinajstić information content (AvgIpc) is 2.80. The molecule has 1 aromatic carbocycles. The van der Waals surface area contributed by atoms with Crippen LogP contribution in [0.3, 0.4) is 0 Å². The van der Waals surface area contributed by atoms with E-state index < -0.39 is 5.41 Å². The van der Waals surface area contributed by atoms with Crippen molar-refractivity contribution in [1.29, 1.82) is 0 Å². The molecule has 0 spiro atoms. The topological polar surface area (TPSA) is 105 Å². The molecule has 0 fully saturated rings. The first-order chi connectivity index (χ1) is 14.3. The molecule has 1 aromatic heterocycles. The number of carbonyl (C=O) groups is 2. The van der Waals surface area contributed by atoms with Gasteiger partial charge in [-0.05, 0) is 63.5 Å². The van der Waals surface area contributed by atoms with Gasteiger partial charge in [0.2, 0.25) is 11.8 Å². The average molecular weight is 434 g/mol. The van der Waals surface area contributed by atoms with E-state index in [4.69, 9.17) is 4.74 Å². The second-order valence-electron chi connectivity index (χ2n) is 8.07. The van der Waals surface area contributed by atoms with Crippen molar-refractivity contribution < 1.29 is 38.7 Å². The van der Waals surface area contributed by atoms with Crippen molar-refractivity contribution in [3.05, 3.63) is 48.3 Å². The zero-order valence-corrected chi connectivity index (χ0v) is 19.6. The summed E-state index contributed by atoms with van der Waals surface area (Å²) < 4.78 is 5.88. The monoisotopic (exact) mass is 434 g/mol. The van der Waals surface area contributed by atoms with Crippen molar-refractivity contribution in [3.63, 3.8) is 0 Å². The molecule has 2 amide bonds. The van der Waals surface area contributed by atoms with Crippen molar-refractivity contribution in [2.75, 3.05) is 43.6 Å². The van der Waals surface area contributed by atoms with Crippen LogP contribution in [0.15, 0.2) is 42.7 Å². The number of ether oxygens (including phenoxy) is 1. The fourth-order valence-electron chi connectivity index (χ4n) is 3.59. The summed E-state index contributed by atoms with van der Waals surface area (Å²) in [5.41, 5.74) is 1.49. The van der Waals surface area contributed by atoms with Crippen LogP contribution in [0.2, 0.25) is 0 Å². The molecule has 2 N–H and O–H groups in total. The predicted molar refractivity (Wildman–Crippen MR) is 120 cm³/mol. The molecule has 2 aromatic rings. The quantitative estimate of drug-likeness (QED) is 0.341. The third-order valence-corrected chi connectivity index (χ3v) is 5.43. The number of anilines is 2. The first kappa shape index (κ1) is 27.7. The first-order valence-corrected chi connectivity index (χ1v) is 10.2. The Morgan fingerprint density at radius 2 is 1.72 bits per heavy atom. The van der Waals surface area contributed by atoms with Crippen LogP contribution in [0.5, 0.6) is 5.75 Å². The molecule has 0 bridgehead atoms. The third-order valence-electron chi connectivity index (χ3n) is 5.43. The van der Waals surface area contributed by atoms with Crippen LogP contribution in [0.1, 0.15) is 25.8 Å².